The van der Waals surface area contributed by atoms with E-state index in [4.69, 9.17) is 9.57 Å². The van der Waals surface area contributed by atoms with Gasteiger partial charge in [0.15, 0.2) is 0 Å². The number of carbonyl (C=O) groups excluding carboxylic acids is 1. The molecular formula is C14H14INO4. The van der Waals surface area contributed by atoms with Gasteiger partial charge in [-0.3, -0.25) is 4.79 Å². The minimum atomic E-state index is -0.456. The van der Waals surface area contributed by atoms with Crippen LogP contribution >= 0.6 is 22.6 Å². The number of esters is 1. The lowest BCUT2D eigenvalue weighted by molar-refractivity contribution is 0.0521. The SMILES string of the molecule is CCOC(=O)c1c(C)n(OC)c(=O)c2ccc(I)cc12. The number of halogens is 1. The molecule has 0 saturated heterocycles. The summed E-state index contributed by atoms with van der Waals surface area (Å²) in [6.45, 7) is 3.68. The zero-order valence-electron chi connectivity index (χ0n) is 11.4. The zero-order valence-corrected chi connectivity index (χ0v) is 13.6. The average Bonchev–Trinajstić information content (AvgIpc) is 2.39. The number of carbonyl (C=O) groups is 1. The molecule has 0 amide bonds. The van der Waals surface area contributed by atoms with Crippen molar-refractivity contribution in [3.63, 3.8) is 0 Å². The van der Waals surface area contributed by atoms with Gasteiger partial charge in [-0.2, -0.15) is 0 Å². The number of hydrogen-bond acceptors (Lipinski definition) is 4. The highest BCUT2D eigenvalue weighted by Gasteiger charge is 2.21. The van der Waals surface area contributed by atoms with Crippen LogP contribution in [-0.2, 0) is 4.74 Å². The first-order valence-corrected chi connectivity index (χ1v) is 7.15. The molecule has 0 spiro atoms. The summed E-state index contributed by atoms with van der Waals surface area (Å²) in [7, 11) is 1.39. The minimum Gasteiger partial charge on any atom is -0.462 e. The smallest absolute Gasteiger partial charge is 0.340 e. The Kier molecular flexibility index (Phi) is 4.32. The van der Waals surface area contributed by atoms with Gasteiger partial charge in [-0.1, -0.05) is 0 Å². The van der Waals surface area contributed by atoms with Crippen LogP contribution in [0.5, 0.6) is 0 Å². The lowest BCUT2D eigenvalue weighted by Gasteiger charge is -2.14. The maximum Gasteiger partial charge on any atom is 0.340 e. The maximum atomic E-state index is 12.3. The maximum absolute atomic E-state index is 12.3. The van der Waals surface area contributed by atoms with Crippen molar-refractivity contribution in [2.24, 2.45) is 0 Å². The summed E-state index contributed by atoms with van der Waals surface area (Å²) in [6, 6.07) is 5.31. The van der Waals surface area contributed by atoms with E-state index in [0.29, 0.717) is 22.0 Å². The lowest BCUT2D eigenvalue weighted by atomic mass is 10.0. The van der Waals surface area contributed by atoms with E-state index in [1.807, 2.05) is 6.07 Å². The van der Waals surface area contributed by atoms with Gasteiger partial charge in [0.1, 0.15) is 7.11 Å². The topological polar surface area (TPSA) is 57.5 Å². The van der Waals surface area contributed by atoms with Crippen LogP contribution in [-0.4, -0.2) is 24.4 Å². The fourth-order valence-corrected chi connectivity index (χ4v) is 2.64. The molecule has 1 aromatic carbocycles. The van der Waals surface area contributed by atoms with Crippen LogP contribution in [0.3, 0.4) is 0 Å². The van der Waals surface area contributed by atoms with Crippen LogP contribution in [0.1, 0.15) is 23.0 Å². The molecule has 0 aliphatic rings. The van der Waals surface area contributed by atoms with E-state index in [2.05, 4.69) is 22.6 Å². The molecule has 0 fully saturated rings. The quantitative estimate of drug-likeness (QED) is 0.599. The lowest BCUT2D eigenvalue weighted by Crippen LogP contribution is -2.29. The van der Waals surface area contributed by atoms with Crippen molar-refractivity contribution < 1.29 is 14.4 Å². The van der Waals surface area contributed by atoms with Crippen LogP contribution in [0.2, 0.25) is 0 Å². The average molecular weight is 387 g/mol. The Morgan fingerprint density at radius 1 is 1.35 bits per heavy atom. The number of ether oxygens (including phenoxy) is 1. The van der Waals surface area contributed by atoms with Crippen LogP contribution < -0.4 is 10.4 Å². The van der Waals surface area contributed by atoms with Gasteiger partial charge >= 0.3 is 5.97 Å². The van der Waals surface area contributed by atoms with Gasteiger partial charge in [0.2, 0.25) is 0 Å². The summed E-state index contributed by atoms with van der Waals surface area (Å²) < 4.78 is 7.14. The normalized spacial score (nSPS) is 10.6. The van der Waals surface area contributed by atoms with Gasteiger partial charge in [0, 0.05) is 8.96 Å². The molecule has 1 heterocycles. The number of benzene rings is 1. The number of rotatable bonds is 3. The molecular weight excluding hydrogens is 373 g/mol. The number of aromatic nitrogens is 1. The van der Waals surface area contributed by atoms with E-state index in [9.17, 15) is 9.59 Å². The van der Waals surface area contributed by atoms with Crippen LogP contribution in [0.25, 0.3) is 10.8 Å². The molecule has 0 aliphatic heterocycles. The van der Waals surface area contributed by atoms with Crippen molar-refractivity contribution in [3.05, 3.63) is 43.4 Å². The minimum absolute atomic E-state index is 0.274. The summed E-state index contributed by atoms with van der Waals surface area (Å²) in [4.78, 5) is 29.6. The molecule has 0 saturated carbocycles. The van der Waals surface area contributed by atoms with Crippen molar-refractivity contribution in [2.45, 2.75) is 13.8 Å². The Bertz CT molecular complexity index is 736. The number of fused-ring (bicyclic) bond motifs is 1. The fraction of sp³-hybridized carbons (Fsp3) is 0.286. The van der Waals surface area contributed by atoms with Gasteiger partial charge in [-0.05, 0) is 54.6 Å². The second-order valence-electron chi connectivity index (χ2n) is 4.15. The third-order valence-corrected chi connectivity index (χ3v) is 3.67. The second kappa shape index (κ2) is 5.82. The molecule has 2 aromatic rings. The van der Waals surface area contributed by atoms with Crippen molar-refractivity contribution in [3.8, 4) is 0 Å². The van der Waals surface area contributed by atoms with Gasteiger partial charge in [0.25, 0.3) is 5.56 Å². The number of hydrogen-bond donors (Lipinski definition) is 0. The number of pyridine rings is 1. The van der Waals surface area contributed by atoms with E-state index in [-0.39, 0.29) is 12.2 Å². The van der Waals surface area contributed by atoms with E-state index >= 15 is 0 Å². The highest BCUT2D eigenvalue weighted by molar-refractivity contribution is 14.1. The fourth-order valence-electron chi connectivity index (χ4n) is 2.15. The Labute approximate surface area is 129 Å². The van der Waals surface area contributed by atoms with E-state index in [1.165, 1.54) is 7.11 Å². The van der Waals surface area contributed by atoms with Crippen molar-refractivity contribution in [1.29, 1.82) is 0 Å². The first-order chi connectivity index (χ1) is 9.51. The van der Waals surface area contributed by atoms with Gasteiger partial charge < -0.3 is 9.57 Å². The second-order valence-corrected chi connectivity index (χ2v) is 5.40. The zero-order chi connectivity index (χ0) is 14.9. The summed E-state index contributed by atoms with van der Waals surface area (Å²) in [5.41, 5.74) is 0.511. The Morgan fingerprint density at radius 3 is 2.65 bits per heavy atom. The summed E-state index contributed by atoms with van der Waals surface area (Å²) in [5.74, 6) is -0.456. The van der Waals surface area contributed by atoms with Crippen molar-refractivity contribution in [2.75, 3.05) is 13.7 Å². The molecule has 5 nitrogen and oxygen atoms in total. The van der Waals surface area contributed by atoms with E-state index in [0.717, 1.165) is 8.30 Å². The third-order valence-electron chi connectivity index (χ3n) is 2.99. The van der Waals surface area contributed by atoms with Crippen molar-refractivity contribution in [1.82, 2.24) is 4.73 Å². The molecule has 0 bridgehead atoms. The molecule has 0 radical (unpaired) electrons. The van der Waals surface area contributed by atoms with Crippen LogP contribution in [0, 0.1) is 10.5 Å². The highest BCUT2D eigenvalue weighted by Crippen LogP contribution is 2.22. The van der Waals surface area contributed by atoms with E-state index in [1.54, 1.807) is 26.0 Å². The van der Waals surface area contributed by atoms with Gasteiger partial charge in [-0.15, -0.1) is 4.73 Å². The summed E-state index contributed by atoms with van der Waals surface area (Å²) in [5, 5.41) is 1.02. The summed E-state index contributed by atoms with van der Waals surface area (Å²) in [6.07, 6.45) is 0. The standard InChI is InChI=1S/C14H14INO4/c1-4-20-14(18)12-8(2)16(19-3)13(17)10-6-5-9(15)7-11(10)12/h5-7H,4H2,1-3H3. The molecule has 0 aliphatic carbocycles. The summed E-state index contributed by atoms with van der Waals surface area (Å²) >= 11 is 2.14. The van der Waals surface area contributed by atoms with Gasteiger partial charge in [-0.25, -0.2) is 4.79 Å². The molecule has 1 aromatic heterocycles. The predicted octanol–water partition coefficient (Wildman–Crippen LogP) is 2.15. The third kappa shape index (κ3) is 2.39. The molecule has 2 rings (SSSR count). The molecule has 106 valence electrons. The van der Waals surface area contributed by atoms with Crippen LogP contribution in [0.4, 0.5) is 0 Å². The Morgan fingerprint density at radius 2 is 2.05 bits per heavy atom. The predicted molar refractivity (Wildman–Crippen MR) is 84.1 cm³/mol. The van der Waals surface area contributed by atoms with Crippen molar-refractivity contribution >= 4 is 39.3 Å². The first kappa shape index (κ1) is 14.8. The highest BCUT2D eigenvalue weighted by atomic mass is 127. The van der Waals surface area contributed by atoms with Crippen LogP contribution in [0.15, 0.2) is 23.0 Å². The Balaban J connectivity index is 2.92. The largest absolute Gasteiger partial charge is 0.462 e. The number of nitrogens with zero attached hydrogens (tertiary/aromatic N) is 1. The molecule has 20 heavy (non-hydrogen) atoms. The molecule has 0 atom stereocenters. The monoisotopic (exact) mass is 387 g/mol. The molecule has 0 N–H and O–H groups in total. The van der Waals surface area contributed by atoms with Gasteiger partial charge in [0.05, 0.1) is 23.3 Å². The van der Waals surface area contributed by atoms with E-state index < -0.39 is 5.97 Å². The Hall–Kier alpha value is -1.57. The molecule has 0 unspecified atom stereocenters. The first-order valence-electron chi connectivity index (χ1n) is 6.07. The molecule has 6 heteroatoms.